The summed E-state index contributed by atoms with van der Waals surface area (Å²) >= 11 is 0. The van der Waals surface area contributed by atoms with Gasteiger partial charge < -0.3 is 10.0 Å². The molecule has 168 valence electrons. The van der Waals surface area contributed by atoms with Crippen molar-refractivity contribution in [3.05, 3.63) is 59.3 Å². The number of fused-ring (bicyclic) bond motifs is 4. The average molecular weight is 430 g/mol. The Labute approximate surface area is 192 Å². The molecule has 4 fully saturated rings. The fourth-order valence-corrected chi connectivity index (χ4v) is 5.66. The van der Waals surface area contributed by atoms with Gasteiger partial charge in [-0.05, 0) is 62.4 Å². The lowest BCUT2D eigenvalue weighted by atomic mass is 9.80. The molecule has 0 saturated carbocycles. The van der Waals surface area contributed by atoms with Crippen LogP contribution in [0, 0.1) is 23.7 Å². The molecule has 4 saturated heterocycles. The minimum absolute atomic E-state index is 0.286. The number of pyridine rings is 1. The second-order valence-electron chi connectivity index (χ2n) is 9.91. The number of piperidine rings is 1. The number of hydrogen-bond donors (Lipinski definition) is 1. The van der Waals surface area contributed by atoms with Crippen LogP contribution >= 0.6 is 0 Å². The van der Waals surface area contributed by atoms with Gasteiger partial charge in [0.05, 0.1) is 5.69 Å². The van der Waals surface area contributed by atoms with Crippen molar-refractivity contribution in [2.24, 2.45) is 11.8 Å². The third kappa shape index (κ3) is 4.56. The van der Waals surface area contributed by atoms with E-state index in [9.17, 15) is 5.11 Å². The minimum atomic E-state index is -0.902. The van der Waals surface area contributed by atoms with E-state index < -0.39 is 5.60 Å². The lowest BCUT2D eigenvalue weighted by Gasteiger charge is -2.38. The Kier molecular flexibility index (Phi) is 6.22. The van der Waals surface area contributed by atoms with Crippen LogP contribution in [-0.2, 0) is 6.42 Å². The highest BCUT2D eigenvalue weighted by Crippen LogP contribution is 2.34. The molecule has 0 aliphatic carbocycles. The van der Waals surface area contributed by atoms with Crippen molar-refractivity contribution < 1.29 is 5.11 Å². The normalized spacial score (nSPS) is 29.4. The Balaban J connectivity index is 1.46. The molecule has 4 atom stereocenters. The smallest absolute Gasteiger partial charge is 0.141 e. The number of nitrogens with zero attached hydrogens (tertiary/aromatic N) is 3. The van der Waals surface area contributed by atoms with Crippen LogP contribution < -0.4 is 4.90 Å². The van der Waals surface area contributed by atoms with E-state index in [4.69, 9.17) is 4.98 Å². The van der Waals surface area contributed by atoms with E-state index >= 15 is 0 Å². The highest BCUT2D eigenvalue weighted by Gasteiger charge is 2.42. The first-order chi connectivity index (χ1) is 15.6. The average Bonchev–Trinajstić information content (AvgIpc) is 3.10. The third-order valence-electron chi connectivity index (χ3n) is 7.74. The van der Waals surface area contributed by atoms with Gasteiger partial charge in [-0.15, -0.1) is 0 Å². The Morgan fingerprint density at radius 3 is 2.75 bits per heavy atom. The molecule has 2 bridgehead atoms. The second kappa shape index (κ2) is 9.25. The Morgan fingerprint density at radius 2 is 1.94 bits per heavy atom. The highest BCUT2D eigenvalue weighted by molar-refractivity contribution is 5.49. The van der Waals surface area contributed by atoms with Crippen LogP contribution in [-0.4, -0.2) is 53.3 Å². The maximum Gasteiger partial charge on any atom is 0.141 e. The van der Waals surface area contributed by atoms with Crippen LogP contribution in [0.3, 0.4) is 0 Å². The van der Waals surface area contributed by atoms with Crippen molar-refractivity contribution in [1.82, 2.24) is 9.88 Å². The molecule has 1 aromatic heterocycles. The summed E-state index contributed by atoms with van der Waals surface area (Å²) in [5.41, 5.74) is 2.31. The fourth-order valence-electron chi connectivity index (χ4n) is 5.66. The molecule has 1 N–H and O–H groups in total. The summed E-state index contributed by atoms with van der Waals surface area (Å²) in [6, 6.07) is 14.8. The van der Waals surface area contributed by atoms with Crippen molar-refractivity contribution in [3.8, 4) is 11.8 Å². The zero-order valence-corrected chi connectivity index (χ0v) is 19.3. The number of aliphatic hydroxyl groups is 1. The number of anilines is 1. The fraction of sp³-hybridized carbons (Fsp3) is 0.536. The van der Waals surface area contributed by atoms with Crippen molar-refractivity contribution >= 4 is 5.82 Å². The van der Waals surface area contributed by atoms with Gasteiger partial charge in [0.25, 0.3) is 0 Å². The molecule has 4 nitrogen and oxygen atoms in total. The van der Waals surface area contributed by atoms with Crippen molar-refractivity contribution in [2.45, 2.75) is 51.0 Å². The summed E-state index contributed by atoms with van der Waals surface area (Å²) in [6.45, 7) is 7.32. The van der Waals surface area contributed by atoms with E-state index in [2.05, 4.69) is 71.0 Å². The summed E-state index contributed by atoms with van der Waals surface area (Å²) in [5, 5.41) is 11.4. The van der Waals surface area contributed by atoms with Crippen LogP contribution in [0.5, 0.6) is 0 Å². The summed E-state index contributed by atoms with van der Waals surface area (Å²) < 4.78 is 0. The third-order valence-corrected chi connectivity index (χ3v) is 7.74. The number of benzene rings is 1. The lowest BCUT2D eigenvalue weighted by molar-refractivity contribution is -0.0175. The van der Waals surface area contributed by atoms with E-state index in [0.717, 1.165) is 68.4 Å². The Morgan fingerprint density at radius 1 is 1.06 bits per heavy atom. The number of aromatic nitrogens is 1. The molecular weight excluding hydrogens is 394 g/mol. The van der Waals surface area contributed by atoms with E-state index in [-0.39, 0.29) is 5.92 Å². The monoisotopic (exact) mass is 429 g/mol. The molecule has 32 heavy (non-hydrogen) atoms. The van der Waals surface area contributed by atoms with E-state index in [1.165, 1.54) is 24.8 Å². The molecule has 2 aromatic rings. The predicted octanol–water partition coefficient (Wildman–Crippen LogP) is 4.11. The number of hydrogen-bond acceptors (Lipinski definition) is 4. The largest absolute Gasteiger partial charge is 0.376 e. The standard InChI is InChI=1S/C28H35N3O/c1-2-22-13-18-31(20-22)27-11-10-24(26(29-27)19-23-7-4-3-5-8-23)12-15-28(32)21-30-16-6-9-25(28)14-17-30/h3-5,7-8,10-11,22,25,32H,2,6,9,13-14,16-21H2,1H3/t22-,25?,28?/m0/s1. The van der Waals surface area contributed by atoms with Crippen LogP contribution in [0.15, 0.2) is 42.5 Å². The summed E-state index contributed by atoms with van der Waals surface area (Å²) in [5.74, 6) is 8.83. The molecule has 4 aliphatic rings. The zero-order chi connectivity index (χ0) is 22.0. The quantitative estimate of drug-likeness (QED) is 0.743. The van der Waals surface area contributed by atoms with Gasteiger partial charge in [-0.3, -0.25) is 4.90 Å². The van der Waals surface area contributed by atoms with Crippen LogP contribution in [0.25, 0.3) is 0 Å². The Bertz CT molecular complexity index is 991. The first-order valence-electron chi connectivity index (χ1n) is 12.4. The molecule has 1 aromatic carbocycles. The van der Waals surface area contributed by atoms with E-state index in [1.807, 2.05) is 0 Å². The van der Waals surface area contributed by atoms with Gasteiger partial charge in [0.1, 0.15) is 11.4 Å². The molecular formula is C28H35N3O. The van der Waals surface area contributed by atoms with Gasteiger partial charge in [-0.1, -0.05) is 55.5 Å². The number of rotatable bonds is 4. The molecule has 0 spiro atoms. The highest BCUT2D eigenvalue weighted by atomic mass is 16.3. The SMILES string of the molecule is CC[C@H]1CCN(c2ccc(C#CC3(O)CN4CCCC3CC4)c(Cc3ccccc3)n2)C1. The maximum atomic E-state index is 11.4. The van der Waals surface area contributed by atoms with Gasteiger partial charge in [0.15, 0.2) is 0 Å². The molecule has 0 amide bonds. The lowest BCUT2D eigenvalue weighted by Crippen LogP contribution is -2.50. The van der Waals surface area contributed by atoms with Gasteiger partial charge in [0, 0.05) is 37.5 Å². The molecule has 4 heteroatoms. The molecule has 4 aliphatic heterocycles. The van der Waals surface area contributed by atoms with Crippen molar-refractivity contribution in [1.29, 1.82) is 0 Å². The zero-order valence-electron chi connectivity index (χ0n) is 19.3. The van der Waals surface area contributed by atoms with E-state index in [1.54, 1.807) is 0 Å². The van der Waals surface area contributed by atoms with Gasteiger partial charge in [0.2, 0.25) is 0 Å². The van der Waals surface area contributed by atoms with Crippen LogP contribution in [0.4, 0.5) is 5.82 Å². The van der Waals surface area contributed by atoms with Crippen molar-refractivity contribution in [3.63, 3.8) is 0 Å². The first kappa shape index (κ1) is 21.5. The second-order valence-corrected chi connectivity index (χ2v) is 9.91. The first-order valence-corrected chi connectivity index (χ1v) is 12.4. The minimum Gasteiger partial charge on any atom is -0.376 e. The summed E-state index contributed by atoms with van der Waals surface area (Å²) in [6.07, 6.45) is 6.53. The van der Waals surface area contributed by atoms with Crippen LogP contribution in [0.2, 0.25) is 0 Å². The molecule has 6 rings (SSSR count). The van der Waals surface area contributed by atoms with Crippen LogP contribution in [0.1, 0.15) is 55.8 Å². The molecule has 3 unspecified atom stereocenters. The van der Waals surface area contributed by atoms with Gasteiger partial charge in [-0.2, -0.15) is 0 Å². The predicted molar refractivity (Wildman–Crippen MR) is 130 cm³/mol. The summed E-state index contributed by atoms with van der Waals surface area (Å²) in [4.78, 5) is 9.90. The maximum absolute atomic E-state index is 11.4. The van der Waals surface area contributed by atoms with Crippen molar-refractivity contribution in [2.75, 3.05) is 37.6 Å². The van der Waals surface area contributed by atoms with Gasteiger partial charge in [-0.25, -0.2) is 4.98 Å². The topological polar surface area (TPSA) is 39.6 Å². The van der Waals surface area contributed by atoms with E-state index in [0.29, 0.717) is 6.54 Å². The van der Waals surface area contributed by atoms with Gasteiger partial charge >= 0.3 is 0 Å². The molecule has 0 radical (unpaired) electrons. The summed E-state index contributed by atoms with van der Waals surface area (Å²) in [7, 11) is 0. The molecule has 5 heterocycles. The Hall–Kier alpha value is -2.35.